The Morgan fingerprint density at radius 2 is 2.06 bits per heavy atom. The smallest absolute Gasteiger partial charge is 0.339 e. The Morgan fingerprint density at radius 3 is 2.85 bits per heavy atom. The number of urea groups is 1. The zero-order valence-corrected chi connectivity index (χ0v) is 18.7. The molecule has 3 aromatic rings. The molecule has 0 unspecified atom stereocenters. The number of anilines is 1. The largest absolute Gasteiger partial charge is 0.465 e. The van der Waals surface area contributed by atoms with Crippen LogP contribution in [0.15, 0.2) is 41.5 Å². The third-order valence-electron chi connectivity index (χ3n) is 6.20. The molecule has 2 N–H and O–H groups in total. The van der Waals surface area contributed by atoms with Crippen LogP contribution in [-0.2, 0) is 11.2 Å². The molecule has 5 rings (SSSR count). The van der Waals surface area contributed by atoms with Crippen LogP contribution in [0.25, 0.3) is 11.1 Å². The maximum absolute atomic E-state index is 15.0. The number of hydrogen-bond acceptors (Lipinski definition) is 6. The first-order chi connectivity index (χ1) is 16.4. The highest BCUT2D eigenvalue weighted by atomic mass is 35.5. The summed E-state index contributed by atoms with van der Waals surface area (Å²) in [6.45, 7) is 0. The van der Waals surface area contributed by atoms with Crippen LogP contribution in [0.5, 0.6) is 0 Å². The fourth-order valence-corrected chi connectivity index (χ4v) is 4.95. The first kappa shape index (κ1) is 22.0. The summed E-state index contributed by atoms with van der Waals surface area (Å²) in [6.07, 6.45) is 4.77. The Kier molecular flexibility index (Phi) is 5.52. The fraction of sp³-hybridized carbons (Fsp3) is 0.261. The Hall–Kier alpha value is -3.79. The normalized spacial score (nSPS) is 18.4. The van der Waals surface area contributed by atoms with Crippen molar-refractivity contribution < 1.29 is 18.7 Å². The number of carbonyl (C=O) groups excluding carboxylic acids is 2. The van der Waals surface area contributed by atoms with Gasteiger partial charge in [0.25, 0.3) is 5.56 Å². The van der Waals surface area contributed by atoms with Gasteiger partial charge in [0, 0.05) is 35.6 Å². The Labute approximate surface area is 197 Å². The van der Waals surface area contributed by atoms with Crippen molar-refractivity contribution in [2.24, 2.45) is 0 Å². The number of amides is 2. The number of fused-ring (bicyclic) bond motifs is 4. The molecule has 1 fully saturated rings. The van der Waals surface area contributed by atoms with Crippen LogP contribution < -0.4 is 10.9 Å². The molecule has 11 heteroatoms. The van der Waals surface area contributed by atoms with Gasteiger partial charge in [-0.15, -0.1) is 0 Å². The number of carbonyl (C=O) groups is 2. The van der Waals surface area contributed by atoms with Gasteiger partial charge in [-0.05, 0) is 43.0 Å². The van der Waals surface area contributed by atoms with Gasteiger partial charge >= 0.3 is 12.0 Å². The second kappa shape index (κ2) is 8.53. The molecular weight excluding hydrogens is 465 g/mol. The number of ether oxygens (including phenoxy) is 1. The number of aromatic amines is 1. The first-order valence-corrected chi connectivity index (χ1v) is 10.9. The highest BCUT2D eigenvalue weighted by Crippen LogP contribution is 2.42. The number of halogens is 2. The quantitative estimate of drug-likeness (QED) is 0.548. The number of rotatable bonds is 3. The molecule has 1 aromatic carbocycles. The van der Waals surface area contributed by atoms with Crippen molar-refractivity contribution in [1.82, 2.24) is 20.1 Å². The lowest BCUT2D eigenvalue weighted by Gasteiger charge is -2.35. The summed E-state index contributed by atoms with van der Waals surface area (Å²) in [5.41, 5.74) is 2.09. The molecule has 4 heterocycles. The number of pyridine rings is 1. The molecule has 2 aliphatic rings. The van der Waals surface area contributed by atoms with E-state index in [1.807, 2.05) is 0 Å². The van der Waals surface area contributed by atoms with Gasteiger partial charge in [0.1, 0.15) is 5.82 Å². The van der Waals surface area contributed by atoms with Crippen molar-refractivity contribution in [3.8, 4) is 11.1 Å². The molecule has 0 aliphatic carbocycles. The van der Waals surface area contributed by atoms with Crippen LogP contribution >= 0.6 is 11.6 Å². The van der Waals surface area contributed by atoms with Gasteiger partial charge in [-0.2, -0.15) is 5.10 Å². The zero-order valence-electron chi connectivity index (χ0n) is 18.0. The summed E-state index contributed by atoms with van der Waals surface area (Å²) in [7, 11) is 1.25. The number of H-pyrrole nitrogens is 1. The molecule has 0 saturated carbocycles. The number of methoxy groups -OCH3 is 1. The average molecular weight is 484 g/mol. The van der Waals surface area contributed by atoms with E-state index in [0.717, 1.165) is 12.0 Å². The van der Waals surface area contributed by atoms with Gasteiger partial charge in [-0.1, -0.05) is 11.6 Å². The van der Waals surface area contributed by atoms with Crippen LogP contribution in [0.2, 0.25) is 5.02 Å². The predicted octanol–water partition coefficient (Wildman–Crippen LogP) is 3.70. The molecule has 2 aliphatic heterocycles. The summed E-state index contributed by atoms with van der Waals surface area (Å²) < 4.78 is 19.7. The van der Waals surface area contributed by atoms with E-state index in [-0.39, 0.29) is 33.9 Å². The minimum absolute atomic E-state index is 0.0737. The van der Waals surface area contributed by atoms with Crippen molar-refractivity contribution in [2.75, 3.05) is 12.4 Å². The van der Waals surface area contributed by atoms with Gasteiger partial charge in [0.15, 0.2) is 0 Å². The van der Waals surface area contributed by atoms with E-state index in [0.29, 0.717) is 29.7 Å². The Balaban J connectivity index is 1.40. The summed E-state index contributed by atoms with van der Waals surface area (Å²) >= 11 is 6.40. The van der Waals surface area contributed by atoms with E-state index in [2.05, 4.69) is 20.5 Å². The molecule has 0 radical (unpaired) electrons. The number of aromatic nitrogens is 3. The van der Waals surface area contributed by atoms with Crippen LogP contribution in [-0.4, -0.2) is 45.2 Å². The SMILES string of the molecule is COC(=O)c1cncc(-c2cc(F)c(NC(=O)N3[C@H]4CC[C@@H]3c3n[nH]c(=O)cc3C4)cc2Cl)c1. The number of nitrogens with zero attached hydrogens (tertiary/aromatic N) is 3. The van der Waals surface area contributed by atoms with Crippen LogP contribution in [0.1, 0.15) is 40.5 Å². The first-order valence-electron chi connectivity index (χ1n) is 10.6. The van der Waals surface area contributed by atoms with E-state index >= 15 is 4.39 Å². The van der Waals surface area contributed by atoms with Crippen LogP contribution in [0.3, 0.4) is 0 Å². The summed E-state index contributed by atoms with van der Waals surface area (Å²) in [4.78, 5) is 42.2. The van der Waals surface area contributed by atoms with E-state index in [1.165, 1.54) is 43.8 Å². The predicted molar refractivity (Wildman–Crippen MR) is 121 cm³/mol. The van der Waals surface area contributed by atoms with Crippen molar-refractivity contribution in [3.63, 3.8) is 0 Å². The highest BCUT2D eigenvalue weighted by Gasteiger charge is 2.44. The molecule has 9 nitrogen and oxygen atoms in total. The third kappa shape index (κ3) is 3.79. The van der Waals surface area contributed by atoms with Gasteiger partial charge in [0.05, 0.1) is 35.1 Å². The molecule has 1 saturated heterocycles. The van der Waals surface area contributed by atoms with Crippen molar-refractivity contribution in [3.05, 3.63) is 74.7 Å². The maximum atomic E-state index is 15.0. The van der Waals surface area contributed by atoms with Gasteiger partial charge < -0.3 is 15.0 Å². The number of esters is 1. The minimum atomic E-state index is -0.691. The van der Waals surface area contributed by atoms with E-state index in [4.69, 9.17) is 16.3 Å². The lowest BCUT2D eigenvalue weighted by Crippen LogP contribution is -2.45. The van der Waals surface area contributed by atoms with Gasteiger partial charge in [-0.25, -0.2) is 19.1 Å². The summed E-state index contributed by atoms with van der Waals surface area (Å²) in [6, 6.07) is 4.65. The van der Waals surface area contributed by atoms with Crippen LogP contribution in [0, 0.1) is 5.82 Å². The standard InChI is InChI=1S/C23H19ClFN5O4/c1-34-22(32)13-4-12(9-26-10-13)15-7-17(25)18(8-16(15)24)27-23(33)30-14-2-3-19(30)21-11(5-14)6-20(31)28-29-21/h4,6-10,14,19H,2-3,5H2,1H3,(H,27,33)(H,28,31)/t14-,19+/m0/s1. The van der Waals surface area contributed by atoms with Crippen molar-refractivity contribution in [1.29, 1.82) is 0 Å². The molecule has 2 amide bonds. The second-order valence-corrected chi connectivity index (χ2v) is 8.60. The summed E-state index contributed by atoms with van der Waals surface area (Å²) in [5.74, 6) is -1.27. The Bertz CT molecular complexity index is 1380. The molecule has 2 bridgehead atoms. The highest BCUT2D eigenvalue weighted by molar-refractivity contribution is 6.33. The van der Waals surface area contributed by atoms with E-state index < -0.39 is 17.8 Å². The molecule has 0 spiro atoms. The summed E-state index contributed by atoms with van der Waals surface area (Å²) in [5, 5.41) is 9.37. The van der Waals surface area contributed by atoms with Gasteiger partial charge in [-0.3, -0.25) is 9.78 Å². The molecular formula is C23H19ClFN5O4. The number of hydrogen-bond donors (Lipinski definition) is 2. The lowest BCUT2D eigenvalue weighted by molar-refractivity contribution is 0.0600. The van der Waals surface area contributed by atoms with Gasteiger partial charge in [0.2, 0.25) is 0 Å². The topological polar surface area (TPSA) is 117 Å². The molecule has 174 valence electrons. The van der Waals surface area contributed by atoms with Crippen LogP contribution in [0.4, 0.5) is 14.9 Å². The number of benzene rings is 1. The van der Waals surface area contributed by atoms with Crippen molar-refractivity contribution >= 4 is 29.3 Å². The fourth-order valence-electron chi connectivity index (χ4n) is 4.68. The lowest BCUT2D eigenvalue weighted by atomic mass is 9.99. The molecule has 34 heavy (non-hydrogen) atoms. The molecule has 2 aromatic heterocycles. The van der Waals surface area contributed by atoms with E-state index in [1.54, 1.807) is 4.90 Å². The second-order valence-electron chi connectivity index (χ2n) is 8.20. The van der Waals surface area contributed by atoms with E-state index in [9.17, 15) is 14.4 Å². The van der Waals surface area contributed by atoms with Crippen molar-refractivity contribution in [2.45, 2.75) is 31.3 Å². The minimum Gasteiger partial charge on any atom is -0.465 e. The zero-order chi connectivity index (χ0) is 24.0. The third-order valence-corrected chi connectivity index (χ3v) is 6.51. The Morgan fingerprint density at radius 1 is 1.24 bits per heavy atom. The maximum Gasteiger partial charge on any atom is 0.339 e. The molecule has 2 atom stereocenters. The number of nitrogens with one attached hydrogen (secondary N) is 2. The average Bonchev–Trinajstić information content (AvgIpc) is 3.15. The monoisotopic (exact) mass is 483 g/mol.